The van der Waals surface area contributed by atoms with Crippen molar-refractivity contribution >= 4 is 57.2 Å². The van der Waals surface area contributed by atoms with Crippen molar-refractivity contribution < 1.29 is 24.0 Å². The number of nitrogens with one attached hydrogen (secondary N) is 2. The molecule has 0 aliphatic heterocycles. The second-order valence-corrected chi connectivity index (χ2v) is 12.3. The van der Waals surface area contributed by atoms with Crippen LogP contribution in [0.2, 0.25) is 0 Å². The monoisotopic (exact) mass is 607 g/mol. The number of thiazole rings is 1. The van der Waals surface area contributed by atoms with E-state index in [-0.39, 0.29) is 18.9 Å². The summed E-state index contributed by atoms with van der Waals surface area (Å²) in [6.07, 6.45) is 0.499. The van der Waals surface area contributed by atoms with Crippen molar-refractivity contribution in [2.24, 2.45) is 5.10 Å². The van der Waals surface area contributed by atoms with Gasteiger partial charge in [0.05, 0.1) is 39.5 Å². The SMILES string of the molecule is CC(C)(C)OC(=O)N[C@@H](COCc1ccccc1)C(=O)N/N=C\c1ccc(Sc2nc3ccccc3s2)c([N+](=O)[O-])c1. The zero-order valence-corrected chi connectivity index (χ0v) is 24.7. The Labute approximate surface area is 250 Å². The van der Waals surface area contributed by atoms with E-state index >= 15 is 0 Å². The molecule has 1 atom stereocenters. The number of aromatic nitrogens is 1. The predicted molar refractivity (Wildman–Crippen MR) is 162 cm³/mol. The van der Waals surface area contributed by atoms with Gasteiger partial charge in [0.15, 0.2) is 4.34 Å². The van der Waals surface area contributed by atoms with E-state index in [1.54, 1.807) is 32.9 Å². The molecule has 0 bridgehead atoms. The smallest absolute Gasteiger partial charge is 0.408 e. The van der Waals surface area contributed by atoms with Crippen LogP contribution in [0.1, 0.15) is 31.9 Å². The van der Waals surface area contributed by atoms with E-state index in [9.17, 15) is 19.7 Å². The summed E-state index contributed by atoms with van der Waals surface area (Å²) in [5.74, 6) is -0.650. The van der Waals surface area contributed by atoms with Crippen LogP contribution in [0.4, 0.5) is 10.5 Å². The molecule has 0 aliphatic carbocycles. The number of alkyl carbamates (subject to hydrolysis) is 1. The van der Waals surface area contributed by atoms with Gasteiger partial charge in [0.2, 0.25) is 0 Å². The third-order valence-corrected chi connectivity index (χ3v) is 7.61. The van der Waals surface area contributed by atoms with Crippen LogP contribution >= 0.6 is 23.1 Å². The first kappa shape index (κ1) is 30.6. The minimum absolute atomic E-state index is 0.117. The maximum atomic E-state index is 12.9. The molecular weight excluding hydrogens is 578 g/mol. The molecule has 0 fully saturated rings. The Balaban J connectivity index is 1.41. The van der Waals surface area contributed by atoms with Crippen LogP contribution in [0, 0.1) is 10.1 Å². The van der Waals surface area contributed by atoms with Crippen LogP contribution in [-0.4, -0.2) is 46.4 Å². The van der Waals surface area contributed by atoms with Crippen LogP contribution in [0.3, 0.4) is 0 Å². The van der Waals surface area contributed by atoms with Gasteiger partial charge in [0, 0.05) is 11.6 Å². The minimum Gasteiger partial charge on any atom is -0.444 e. The molecule has 13 heteroatoms. The van der Waals surface area contributed by atoms with E-state index in [1.165, 1.54) is 35.4 Å². The molecule has 1 heterocycles. The highest BCUT2D eigenvalue weighted by Crippen LogP contribution is 2.38. The number of fused-ring (bicyclic) bond motifs is 1. The van der Waals surface area contributed by atoms with Gasteiger partial charge in [-0.05, 0) is 44.5 Å². The molecule has 3 aromatic carbocycles. The number of rotatable bonds is 11. The fraction of sp³-hybridized carbons (Fsp3) is 0.241. The van der Waals surface area contributed by atoms with Crippen molar-refractivity contribution in [1.29, 1.82) is 0 Å². The fourth-order valence-corrected chi connectivity index (χ4v) is 5.69. The number of nitro benzene ring substituents is 1. The number of nitro groups is 1. The summed E-state index contributed by atoms with van der Waals surface area (Å²) in [5.41, 5.74) is 3.61. The lowest BCUT2D eigenvalue weighted by molar-refractivity contribution is -0.387. The second kappa shape index (κ2) is 14.0. The van der Waals surface area contributed by atoms with E-state index < -0.39 is 28.6 Å². The van der Waals surface area contributed by atoms with Crippen LogP contribution in [0.15, 0.2) is 87.1 Å². The van der Waals surface area contributed by atoms with Gasteiger partial charge < -0.3 is 14.8 Å². The molecule has 42 heavy (non-hydrogen) atoms. The highest BCUT2D eigenvalue weighted by Gasteiger charge is 2.25. The van der Waals surface area contributed by atoms with Crippen molar-refractivity contribution in [1.82, 2.24) is 15.7 Å². The molecule has 4 aromatic rings. The molecule has 2 amide bonds. The molecule has 0 radical (unpaired) electrons. The number of nitrogens with zero attached hydrogens (tertiary/aromatic N) is 3. The summed E-state index contributed by atoms with van der Waals surface area (Å²) < 4.78 is 12.6. The summed E-state index contributed by atoms with van der Waals surface area (Å²) in [4.78, 5) is 41.5. The normalized spacial score (nSPS) is 12.3. The summed E-state index contributed by atoms with van der Waals surface area (Å²) in [5, 5.41) is 18.3. The van der Waals surface area contributed by atoms with Gasteiger partial charge in [0.1, 0.15) is 11.6 Å². The van der Waals surface area contributed by atoms with Crippen LogP contribution < -0.4 is 10.7 Å². The lowest BCUT2D eigenvalue weighted by Gasteiger charge is -2.22. The lowest BCUT2D eigenvalue weighted by atomic mass is 10.2. The Kier molecular flexibility index (Phi) is 10.2. The summed E-state index contributed by atoms with van der Waals surface area (Å²) in [6, 6.07) is 20.5. The average molecular weight is 608 g/mol. The summed E-state index contributed by atoms with van der Waals surface area (Å²) >= 11 is 2.66. The Hall–Kier alpha value is -4.33. The maximum Gasteiger partial charge on any atom is 0.408 e. The maximum absolute atomic E-state index is 12.9. The van der Waals surface area contributed by atoms with Gasteiger partial charge in [-0.1, -0.05) is 60.3 Å². The zero-order chi connectivity index (χ0) is 30.1. The molecule has 0 aliphatic rings. The van der Waals surface area contributed by atoms with E-state index in [0.717, 1.165) is 15.8 Å². The number of amides is 2. The van der Waals surface area contributed by atoms with Crippen LogP contribution in [0.5, 0.6) is 0 Å². The van der Waals surface area contributed by atoms with Gasteiger partial charge in [-0.3, -0.25) is 14.9 Å². The Morgan fingerprint density at radius 2 is 1.86 bits per heavy atom. The molecular formula is C29H29N5O6S2. The Morgan fingerprint density at radius 3 is 2.57 bits per heavy atom. The van der Waals surface area contributed by atoms with E-state index in [2.05, 4.69) is 20.8 Å². The molecule has 0 saturated heterocycles. The van der Waals surface area contributed by atoms with E-state index in [0.29, 0.717) is 14.8 Å². The number of hydrazone groups is 1. The summed E-state index contributed by atoms with van der Waals surface area (Å²) in [6.45, 7) is 5.22. The van der Waals surface area contributed by atoms with Gasteiger partial charge in [-0.25, -0.2) is 15.2 Å². The van der Waals surface area contributed by atoms with Crippen LogP contribution in [0.25, 0.3) is 10.2 Å². The van der Waals surface area contributed by atoms with Gasteiger partial charge in [-0.2, -0.15) is 5.10 Å². The third kappa shape index (κ3) is 9.09. The predicted octanol–water partition coefficient (Wildman–Crippen LogP) is 5.92. The number of para-hydroxylation sites is 1. The second-order valence-electron chi connectivity index (χ2n) is 9.97. The molecule has 218 valence electrons. The first-order chi connectivity index (χ1) is 20.1. The fourth-order valence-electron chi connectivity index (χ4n) is 3.58. The molecule has 0 unspecified atom stereocenters. The average Bonchev–Trinajstić information content (AvgIpc) is 3.35. The molecule has 11 nitrogen and oxygen atoms in total. The van der Waals surface area contributed by atoms with Gasteiger partial charge in [-0.15, -0.1) is 11.3 Å². The molecule has 0 saturated carbocycles. The molecule has 4 rings (SSSR count). The number of carbonyl (C=O) groups is 2. The summed E-state index contributed by atoms with van der Waals surface area (Å²) in [7, 11) is 0. The van der Waals surface area contributed by atoms with Gasteiger partial charge >= 0.3 is 6.09 Å². The molecule has 0 spiro atoms. The van der Waals surface area contributed by atoms with Crippen molar-refractivity contribution in [2.75, 3.05) is 6.61 Å². The van der Waals surface area contributed by atoms with E-state index in [1.807, 2.05) is 54.6 Å². The van der Waals surface area contributed by atoms with Crippen molar-refractivity contribution in [3.63, 3.8) is 0 Å². The van der Waals surface area contributed by atoms with E-state index in [4.69, 9.17) is 9.47 Å². The number of hydrogen-bond acceptors (Lipinski definition) is 10. The number of carbonyl (C=O) groups excluding carboxylic acids is 2. The highest BCUT2D eigenvalue weighted by molar-refractivity contribution is 8.01. The van der Waals surface area contributed by atoms with Gasteiger partial charge in [0.25, 0.3) is 11.6 Å². The number of benzene rings is 3. The van der Waals surface area contributed by atoms with Crippen LogP contribution in [-0.2, 0) is 20.9 Å². The largest absolute Gasteiger partial charge is 0.444 e. The minimum atomic E-state index is -1.11. The zero-order valence-electron chi connectivity index (χ0n) is 23.1. The lowest BCUT2D eigenvalue weighted by Crippen LogP contribution is -2.49. The highest BCUT2D eigenvalue weighted by atomic mass is 32.2. The van der Waals surface area contributed by atoms with Crippen molar-refractivity contribution in [3.05, 3.63) is 94.0 Å². The first-order valence-electron chi connectivity index (χ1n) is 12.8. The van der Waals surface area contributed by atoms with Crippen molar-refractivity contribution in [2.45, 2.75) is 48.3 Å². The standard InChI is InChI=1S/C29H29N5O6S2/c1-29(2,3)40-27(36)31-22(18-39-17-19-9-5-4-6-10-19)26(35)33-30-16-20-13-14-25(23(15-20)34(37)38)42-28-32-21-11-7-8-12-24(21)41-28/h4-16,22H,17-18H2,1-3H3,(H,31,36)(H,33,35)/b30-16-/t22-/m0/s1. The third-order valence-electron chi connectivity index (χ3n) is 5.44. The topological polar surface area (TPSA) is 145 Å². The Bertz CT molecular complexity index is 1550. The first-order valence-corrected chi connectivity index (χ1v) is 14.5. The quantitative estimate of drug-likeness (QED) is 0.122. The van der Waals surface area contributed by atoms with Crippen molar-refractivity contribution in [3.8, 4) is 0 Å². The number of ether oxygens (including phenoxy) is 2. The molecule has 2 N–H and O–H groups in total. The number of hydrogen-bond donors (Lipinski definition) is 2. The Morgan fingerprint density at radius 1 is 1.12 bits per heavy atom. The molecule has 1 aromatic heterocycles.